The van der Waals surface area contributed by atoms with E-state index in [1.807, 2.05) is 24.3 Å². The summed E-state index contributed by atoms with van der Waals surface area (Å²) in [5.41, 5.74) is 1.19. The van der Waals surface area contributed by atoms with Crippen molar-refractivity contribution in [2.75, 3.05) is 0 Å². The molecule has 94 valence electrons. The molecule has 5 heteroatoms. The molecule has 3 rings (SSSR count). The topological polar surface area (TPSA) is 45.8 Å². The van der Waals surface area contributed by atoms with Gasteiger partial charge in [0, 0.05) is 10.0 Å². The highest BCUT2D eigenvalue weighted by atomic mass is 79.9. The van der Waals surface area contributed by atoms with E-state index >= 15 is 0 Å². The Hall–Kier alpha value is -1.65. The molecule has 1 aromatic heterocycles. The minimum Gasteiger partial charge on any atom is -0.306 e. The quantitative estimate of drug-likeness (QED) is 0.730. The van der Waals surface area contributed by atoms with Gasteiger partial charge < -0.3 is 4.98 Å². The first-order chi connectivity index (χ1) is 9.15. The predicted molar refractivity (Wildman–Crippen MR) is 80.5 cm³/mol. The van der Waals surface area contributed by atoms with Gasteiger partial charge in [0.05, 0.1) is 15.9 Å². The van der Waals surface area contributed by atoms with Crippen LogP contribution in [0.3, 0.4) is 0 Å². The number of aromatic nitrogens is 2. The zero-order valence-electron chi connectivity index (χ0n) is 9.65. The Balaban J connectivity index is 2.28. The van der Waals surface area contributed by atoms with Crippen LogP contribution >= 0.6 is 27.5 Å². The number of para-hydroxylation sites is 1. The number of hydrogen-bond acceptors (Lipinski definition) is 2. The van der Waals surface area contributed by atoms with Crippen LogP contribution in [-0.4, -0.2) is 9.97 Å². The summed E-state index contributed by atoms with van der Waals surface area (Å²) < 4.78 is 0.879. The summed E-state index contributed by atoms with van der Waals surface area (Å²) >= 11 is 9.52. The molecular weight excluding hydrogens is 328 g/mol. The molecule has 0 aliphatic carbocycles. The maximum Gasteiger partial charge on any atom is 0.259 e. The summed E-state index contributed by atoms with van der Waals surface area (Å²) in [5.74, 6) is 0.473. The molecule has 0 saturated carbocycles. The Morgan fingerprint density at radius 1 is 1.16 bits per heavy atom. The maximum absolute atomic E-state index is 12.0. The Labute approximate surface area is 122 Å². The third-order valence-electron chi connectivity index (χ3n) is 2.80. The fourth-order valence-electron chi connectivity index (χ4n) is 1.90. The smallest absolute Gasteiger partial charge is 0.259 e. The van der Waals surface area contributed by atoms with Crippen LogP contribution in [0.1, 0.15) is 0 Å². The molecule has 0 aliphatic rings. The molecule has 0 spiro atoms. The van der Waals surface area contributed by atoms with E-state index in [9.17, 15) is 4.79 Å². The van der Waals surface area contributed by atoms with Gasteiger partial charge in [0.25, 0.3) is 5.56 Å². The number of fused-ring (bicyclic) bond motifs is 1. The first-order valence-electron chi connectivity index (χ1n) is 5.59. The molecule has 0 atom stereocenters. The highest BCUT2D eigenvalue weighted by Crippen LogP contribution is 2.28. The number of nitrogens with one attached hydrogen (secondary N) is 1. The van der Waals surface area contributed by atoms with Crippen LogP contribution in [0.5, 0.6) is 0 Å². The Kier molecular flexibility index (Phi) is 3.12. The fraction of sp³-hybridized carbons (Fsp3) is 0. The number of halogens is 2. The molecule has 1 N–H and O–H groups in total. The monoisotopic (exact) mass is 334 g/mol. The zero-order valence-corrected chi connectivity index (χ0v) is 12.0. The normalized spacial score (nSPS) is 10.8. The van der Waals surface area contributed by atoms with Crippen molar-refractivity contribution in [2.45, 2.75) is 0 Å². The Morgan fingerprint density at radius 3 is 2.74 bits per heavy atom. The van der Waals surface area contributed by atoms with Crippen LogP contribution < -0.4 is 5.56 Å². The number of rotatable bonds is 1. The van der Waals surface area contributed by atoms with Crippen molar-refractivity contribution in [3.05, 3.63) is 62.3 Å². The molecule has 0 saturated heterocycles. The van der Waals surface area contributed by atoms with Crippen LogP contribution in [-0.2, 0) is 0 Å². The van der Waals surface area contributed by atoms with Crippen molar-refractivity contribution >= 4 is 38.4 Å². The maximum atomic E-state index is 12.0. The second kappa shape index (κ2) is 4.79. The van der Waals surface area contributed by atoms with E-state index in [0.29, 0.717) is 27.3 Å². The van der Waals surface area contributed by atoms with Crippen molar-refractivity contribution < 1.29 is 0 Å². The van der Waals surface area contributed by atoms with Crippen molar-refractivity contribution in [3.8, 4) is 11.4 Å². The standard InChI is InChI=1S/C14H8BrClN2O/c15-8-5-6-9(11(16)7-8)13-17-12-4-2-1-3-10(12)14(19)18-13/h1-7H,(H,17,18,19). The SMILES string of the molecule is O=c1[nH]c(-c2ccc(Br)cc2Cl)nc2ccccc12. The molecule has 1 heterocycles. The van der Waals surface area contributed by atoms with Gasteiger partial charge in [-0.05, 0) is 30.3 Å². The van der Waals surface area contributed by atoms with Crippen LogP contribution in [0.2, 0.25) is 5.02 Å². The molecule has 19 heavy (non-hydrogen) atoms. The zero-order chi connectivity index (χ0) is 13.4. The van der Waals surface area contributed by atoms with Crippen LogP contribution in [0, 0.1) is 0 Å². The van der Waals surface area contributed by atoms with Gasteiger partial charge in [0.1, 0.15) is 5.82 Å². The van der Waals surface area contributed by atoms with Crippen molar-refractivity contribution in [2.24, 2.45) is 0 Å². The number of aromatic amines is 1. The lowest BCUT2D eigenvalue weighted by Crippen LogP contribution is -2.09. The van der Waals surface area contributed by atoms with E-state index in [0.717, 1.165) is 4.47 Å². The van der Waals surface area contributed by atoms with Crippen LogP contribution in [0.4, 0.5) is 0 Å². The molecular formula is C14H8BrClN2O. The van der Waals surface area contributed by atoms with E-state index < -0.39 is 0 Å². The van der Waals surface area contributed by atoms with E-state index in [4.69, 9.17) is 11.6 Å². The second-order valence-electron chi connectivity index (χ2n) is 4.06. The molecule has 0 unspecified atom stereocenters. The van der Waals surface area contributed by atoms with Gasteiger partial charge in [-0.3, -0.25) is 4.79 Å². The van der Waals surface area contributed by atoms with E-state index in [2.05, 4.69) is 25.9 Å². The number of hydrogen-bond donors (Lipinski definition) is 1. The summed E-state index contributed by atoms with van der Waals surface area (Å²) in [6, 6.07) is 12.7. The minimum atomic E-state index is -0.167. The third-order valence-corrected chi connectivity index (χ3v) is 3.61. The molecule has 2 aromatic carbocycles. The van der Waals surface area contributed by atoms with Gasteiger partial charge >= 0.3 is 0 Å². The summed E-state index contributed by atoms with van der Waals surface area (Å²) in [5, 5.41) is 1.10. The average molecular weight is 336 g/mol. The summed E-state index contributed by atoms with van der Waals surface area (Å²) in [4.78, 5) is 19.2. The lowest BCUT2D eigenvalue weighted by Gasteiger charge is -2.05. The van der Waals surface area contributed by atoms with Gasteiger partial charge in [-0.1, -0.05) is 39.7 Å². The summed E-state index contributed by atoms with van der Waals surface area (Å²) in [6.07, 6.45) is 0. The number of H-pyrrole nitrogens is 1. The van der Waals surface area contributed by atoms with Crippen LogP contribution in [0.15, 0.2) is 51.7 Å². The Morgan fingerprint density at radius 2 is 1.95 bits per heavy atom. The highest BCUT2D eigenvalue weighted by Gasteiger charge is 2.09. The largest absolute Gasteiger partial charge is 0.306 e. The van der Waals surface area contributed by atoms with Gasteiger partial charge in [0.15, 0.2) is 0 Å². The summed E-state index contributed by atoms with van der Waals surface area (Å²) in [6.45, 7) is 0. The lowest BCUT2D eigenvalue weighted by atomic mass is 10.2. The van der Waals surface area contributed by atoms with E-state index in [1.54, 1.807) is 18.2 Å². The van der Waals surface area contributed by atoms with Gasteiger partial charge in [-0.25, -0.2) is 4.98 Å². The number of benzene rings is 2. The molecule has 3 aromatic rings. The van der Waals surface area contributed by atoms with Crippen molar-refractivity contribution in [3.63, 3.8) is 0 Å². The van der Waals surface area contributed by atoms with E-state index in [1.165, 1.54) is 0 Å². The highest BCUT2D eigenvalue weighted by molar-refractivity contribution is 9.10. The lowest BCUT2D eigenvalue weighted by molar-refractivity contribution is 1.18. The first-order valence-corrected chi connectivity index (χ1v) is 6.77. The molecule has 0 radical (unpaired) electrons. The average Bonchev–Trinajstić information content (AvgIpc) is 2.38. The first kappa shape index (κ1) is 12.4. The molecule has 0 amide bonds. The number of nitrogens with zero attached hydrogens (tertiary/aromatic N) is 1. The molecule has 0 bridgehead atoms. The molecule has 3 nitrogen and oxygen atoms in total. The van der Waals surface area contributed by atoms with E-state index in [-0.39, 0.29) is 5.56 Å². The fourth-order valence-corrected chi connectivity index (χ4v) is 2.66. The molecule has 0 fully saturated rings. The second-order valence-corrected chi connectivity index (χ2v) is 5.38. The van der Waals surface area contributed by atoms with Crippen LogP contribution in [0.25, 0.3) is 22.3 Å². The van der Waals surface area contributed by atoms with Gasteiger partial charge in [-0.15, -0.1) is 0 Å². The van der Waals surface area contributed by atoms with Gasteiger partial charge in [0.2, 0.25) is 0 Å². The summed E-state index contributed by atoms with van der Waals surface area (Å²) in [7, 11) is 0. The predicted octanol–water partition coefficient (Wildman–Crippen LogP) is 4.01. The third kappa shape index (κ3) is 2.29. The minimum absolute atomic E-state index is 0.167. The Bertz CT molecular complexity index is 829. The molecule has 0 aliphatic heterocycles. The van der Waals surface area contributed by atoms with Crippen molar-refractivity contribution in [1.82, 2.24) is 9.97 Å². The van der Waals surface area contributed by atoms with Crippen molar-refractivity contribution in [1.29, 1.82) is 0 Å². The van der Waals surface area contributed by atoms with Gasteiger partial charge in [-0.2, -0.15) is 0 Å².